The summed E-state index contributed by atoms with van der Waals surface area (Å²) in [5.74, 6) is 0. The maximum atomic E-state index is 10.1. The average Bonchev–Trinajstić information content (AvgIpc) is 2.55. The fourth-order valence-corrected chi connectivity index (χ4v) is 2.47. The van der Waals surface area contributed by atoms with Crippen molar-refractivity contribution in [2.75, 3.05) is 13.1 Å². The Labute approximate surface area is 83.3 Å². The van der Waals surface area contributed by atoms with E-state index in [1.165, 1.54) is 16.7 Å². The summed E-state index contributed by atoms with van der Waals surface area (Å²) in [4.78, 5) is 0. The van der Waals surface area contributed by atoms with Gasteiger partial charge >= 0.3 is 0 Å². The molecule has 1 atom stereocenters. The summed E-state index contributed by atoms with van der Waals surface area (Å²) >= 11 is 0. The van der Waals surface area contributed by atoms with Crippen LogP contribution < -0.4 is 5.32 Å². The van der Waals surface area contributed by atoms with Gasteiger partial charge in [-0.15, -0.1) is 0 Å². The molecule has 1 aromatic rings. The number of aliphatic hydroxyl groups excluding tert-OH is 1. The van der Waals surface area contributed by atoms with Gasteiger partial charge in [-0.05, 0) is 35.2 Å². The predicted octanol–water partition coefficient (Wildman–Crippen LogP) is 1.48. The van der Waals surface area contributed by atoms with Gasteiger partial charge in [0, 0.05) is 6.54 Å². The van der Waals surface area contributed by atoms with E-state index in [-0.39, 0.29) is 6.10 Å². The maximum absolute atomic E-state index is 10.1. The molecule has 1 heterocycles. The Hall–Kier alpha value is -1.12. The van der Waals surface area contributed by atoms with Crippen molar-refractivity contribution in [3.8, 4) is 0 Å². The summed E-state index contributed by atoms with van der Waals surface area (Å²) < 4.78 is 0. The maximum Gasteiger partial charge on any atom is 0.102 e. The molecule has 2 aliphatic rings. The highest BCUT2D eigenvalue weighted by molar-refractivity contribution is 5.78. The molecular formula is C12H13NO. The molecule has 0 aromatic heterocycles. The third kappa shape index (κ3) is 0.982. The first kappa shape index (κ1) is 8.21. The summed E-state index contributed by atoms with van der Waals surface area (Å²) in [7, 11) is 0. The molecule has 0 radical (unpaired) electrons. The third-order valence-electron chi connectivity index (χ3n) is 3.17. The van der Waals surface area contributed by atoms with E-state index in [1.54, 1.807) is 0 Å². The molecule has 0 bridgehead atoms. The summed E-state index contributed by atoms with van der Waals surface area (Å²) in [5.41, 5.74) is 4.89. The number of fused-ring (bicyclic) bond motifs is 2. The largest absolute Gasteiger partial charge is 0.384 e. The minimum Gasteiger partial charge on any atom is -0.384 e. The first-order valence-corrected chi connectivity index (χ1v) is 5.08. The van der Waals surface area contributed by atoms with E-state index >= 15 is 0 Å². The lowest BCUT2D eigenvalue weighted by Crippen LogP contribution is -2.24. The zero-order chi connectivity index (χ0) is 9.54. The Morgan fingerprint density at radius 1 is 1.29 bits per heavy atom. The lowest BCUT2D eigenvalue weighted by atomic mass is 10.0. The van der Waals surface area contributed by atoms with Crippen LogP contribution in [0.5, 0.6) is 0 Å². The number of hydrogen-bond donors (Lipinski definition) is 2. The fraction of sp³-hybridized carbons (Fsp3) is 0.333. The molecule has 1 aliphatic carbocycles. The summed E-state index contributed by atoms with van der Waals surface area (Å²) in [6, 6.07) is 8.18. The zero-order valence-electron chi connectivity index (χ0n) is 7.96. The van der Waals surface area contributed by atoms with Crippen molar-refractivity contribution in [3.63, 3.8) is 0 Å². The molecular weight excluding hydrogens is 174 g/mol. The van der Waals surface area contributed by atoms with Gasteiger partial charge in [0.1, 0.15) is 6.10 Å². The van der Waals surface area contributed by atoms with E-state index < -0.39 is 0 Å². The number of nitrogens with one attached hydrogen (secondary N) is 1. The molecule has 2 N–H and O–H groups in total. The second-order valence-electron chi connectivity index (χ2n) is 3.92. The van der Waals surface area contributed by atoms with Crippen LogP contribution in [-0.2, 0) is 0 Å². The standard InChI is InChI=1S/C12H13NO/c14-12-10-4-2-1-3-8(10)9-5-6-13-7-11(9)12/h1-4,12-14H,5-7H2. The minimum absolute atomic E-state index is 0.367. The minimum atomic E-state index is -0.367. The van der Waals surface area contributed by atoms with Gasteiger partial charge in [-0.3, -0.25) is 0 Å². The van der Waals surface area contributed by atoms with Gasteiger partial charge in [0.2, 0.25) is 0 Å². The molecule has 0 spiro atoms. The van der Waals surface area contributed by atoms with E-state index in [4.69, 9.17) is 0 Å². The molecule has 2 heteroatoms. The van der Waals surface area contributed by atoms with E-state index in [2.05, 4.69) is 11.4 Å². The normalized spacial score (nSPS) is 24.8. The molecule has 3 rings (SSSR count). The van der Waals surface area contributed by atoms with E-state index in [0.29, 0.717) is 0 Å². The van der Waals surface area contributed by atoms with Crippen LogP contribution in [0.2, 0.25) is 0 Å². The number of hydrogen-bond acceptors (Lipinski definition) is 2. The second kappa shape index (κ2) is 2.94. The topological polar surface area (TPSA) is 32.3 Å². The summed E-state index contributed by atoms with van der Waals surface area (Å²) in [5, 5.41) is 13.4. The Morgan fingerprint density at radius 3 is 3.07 bits per heavy atom. The monoisotopic (exact) mass is 187 g/mol. The molecule has 1 unspecified atom stereocenters. The summed E-state index contributed by atoms with van der Waals surface area (Å²) in [6.07, 6.45) is 0.678. The quantitative estimate of drug-likeness (QED) is 0.644. The van der Waals surface area contributed by atoms with Crippen LogP contribution in [-0.4, -0.2) is 18.2 Å². The van der Waals surface area contributed by atoms with Crippen molar-refractivity contribution in [3.05, 3.63) is 41.0 Å². The fourth-order valence-electron chi connectivity index (χ4n) is 2.47. The van der Waals surface area contributed by atoms with Crippen LogP contribution in [0.25, 0.3) is 5.57 Å². The first-order chi connectivity index (χ1) is 6.88. The van der Waals surface area contributed by atoms with Gasteiger partial charge in [0.25, 0.3) is 0 Å². The van der Waals surface area contributed by atoms with Crippen molar-refractivity contribution >= 4 is 5.57 Å². The molecule has 2 nitrogen and oxygen atoms in total. The van der Waals surface area contributed by atoms with E-state index in [1.807, 2.05) is 18.2 Å². The van der Waals surface area contributed by atoms with Crippen molar-refractivity contribution in [2.45, 2.75) is 12.5 Å². The van der Waals surface area contributed by atoms with Crippen LogP contribution in [0.4, 0.5) is 0 Å². The van der Waals surface area contributed by atoms with Crippen LogP contribution in [0.15, 0.2) is 29.8 Å². The second-order valence-corrected chi connectivity index (χ2v) is 3.92. The van der Waals surface area contributed by atoms with Crippen molar-refractivity contribution in [2.24, 2.45) is 0 Å². The summed E-state index contributed by atoms with van der Waals surface area (Å²) in [6.45, 7) is 1.87. The van der Waals surface area contributed by atoms with Crippen LogP contribution in [0, 0.1) is 0 Å². The number of aliphatic hydroxyl groups is 1. The molecule has 14 heavy (non-hydrogen) atoms. The van der Waals surface area contributed by atoms with Gasteiger partial charge in [-0.1, -0.05) is 24.3 Å². The Balaban J connectivity index is 2.18. The van der Waals surface area contributed by atoms with Gasteiger partial charge < -0.3 is 10.4 Å². The van der Waals surface area contributed by atoms with Gasteiger partial charge in [0.05, 0.1) is 0 Å². The molecule has 0 saturated heterocycles. The van der Waals surface area contributed by atoms with Crippen molar-refractivity contribution < 1.29 is 5.11 Å². The number of rotatable bonds is 0. The van der Waals surface area contributed by atoms with Gasteiger partial charge in [-0.2, -0.15) is 0 Å². The molecule has 1 aliphatic heterocycles. The third-order valence-corrected chi connectivity index (χ3v) is 3.17. The van der Waals surface area contributed by atoms with Crippen molar-refractivity contribution in [1.29, 1.82) is 0 Å². The van der Waals surface area contributed by atoms with Crippen LogP contribution >= 0.6 is 0 Å². The van der Waals surface area contributed by atoms with Gasteiger partial charge in [0.15, 0.2) is 0 Å². The van der Waals surface area contributed by atoms with E-state index in [0.717, 1.165) is 25.1 Å². The van der Waals surface area contributed by atoms with Gasteiger partial charge in [-0.25, -0.2) is 0 Å². The van der Waals surface area contributed by atoms with E-state index in [9.17, 15) is 5.11 Å². The highest BCUT2D eigenvalue weighted by Crippen LogP contribution is 2.42. The Kier molecular flexibility index (Phi) is 1.72. The number of benzene rings is 1. The SMILES string of the molecule is OC1C2=C(CCNC2)c2ccccc21. The molecule has 72 valence electrons. The Bertz CT molecular complexity index is 409. The van der Waals surface area contributed by atoms with Crippen molar-refractivity contribution in [1.82, 2.24) is 5.32 Å². The van der Waals surface area contributed by atoms with Crippen LogP contribution in [0.1, 0.15) is 23.7 Å². The zero-order valence-corrected chi connectivity index (χ0v) is 7.96. The Morgan fingerprint density at radius 2 is 2.14 bits per heavy atom. The highest BCUT2D eigenvalue weighted by Gasteiger charge is 2.30. The first-order valence-electron chi connectivity index (χ1n) is 5.08. The highest BCUT2D eigenvalue weighted by atomic mass is 16.3. The lowest BCUT2D eigenvalue weighted by molar-refractivity contribution is 0.215. The average molecular weight is 187 g/mol. The smallest absolute Gasteiger partial charge is 0.102 e. The predicted molar refractivity (Wildman–Crippen MR) is 55.8 cm³/mol. The lowest BCUT2D eigenvalue weighted by Gasteiger charge is -2.17. The molecule has 0 saturated carbocycles. The molecule has 1 aromatic carbocycles. The molecule has 0 fully saturated rings. The van der Waals surface area contributed by atoms with Crippen LogP contribution in [0.3, 0.4) is 0 Å². The molecule has 0 amide bonds.